The molecule has 1 aliphatic rings. The molecule has 1 aliphatic carbocycles. The molecule has 0 bridgehead atoms. The van der Waals surface area contributed by atoms with E-state index in [9.17, 15) is 4.79 Å². The lowest BCUT2D eigenvalue weighted by atomic mass is 9.86. The highest BCUT2D eigenvalue weighted by molar-refractivity contribution is 7.80. The zero-order chi connectivity index (χ0) is 25.8. The largest absolute Gasteiger partial charge is 0.357 e. The number of anilines is 1. The van der Waals surface area contributed by atoms with Crippen molar-refractivity contribution in [2.24, 2.45) is 0 Å². The second-order valence-corrected chi connectivity index (χ2v) is 11.7. The summed E-state index contributed by atoms with van der Waals surface area (Å²) in [7, 11) is 0. The Balaban J connectivity index is 1.41. The lowest BCUT2D eigenvalue weighted by molar-refractivity contribution is 0.103. The number of hydrogen-bond acceptors (Lipinski definition) is 2. The SMILES string of the molecule is Cc1cccc(CCC2(NC(=S)Nc3cccc(C(=O)c4ccc(C(C)(C)C)cc4)c3)CCCC2)c1. The summed E-state index contributed by atoms with van der Waals surface area (Å²) in [5.41, 5.74) is 6.16. The number of carbonyl (C=O) groups is 1. The van der Waals surface area contributed by atoms with Gasteiger partial charge in [-0.05, 0) is 73.5 Å². The lowest BCUT2D eigenvalue weighted by Crippen LogP contribution is -2.48. The van der Waals surface area contributed by atoms with Gasteiger partial charge in [0.1, 0.15) is 0 Å². The molecule has 36 heavy (non-hydrogen) atoms. The normalized spacial score (nSPS) is 14.9. The van der Waals surface area contributed by atoms with Crippen molar-refractivity contribution in [2.75, 3.05) is 5.32 Å². The minimum atomic E-state index is 0.0170. The van der Waals surface area contributed by atoms with Crippen LogP contribution in [0.15, 0.2) is 72.8 Å². The molecule has 0 aromatic heterocycles. The fourth-order valence-corrected chi connectivity index (χ4v) is 5.50. The van der Waals surface area contributed by atoms with Crippen molar-refractivity contribution in [1.82, 2.24) is 5.32 Å². The molecule has 1 saturated carbocycles. The highest BCUT2D eigenvalue weighted by atomic mass is 32.1. The summed E-state index contributed by atoms with van der Waals surface area (Å²) >= 11 is 5.74. The number of rotatable bonds is 7. The molecule has 4 heteroatoms. The lowest BCUT2D eigenvalue weighted by Gasteiger charge is -2.32. The van der Waals surface area contributed by atoms with Gasteiger partial charge in [0.25, 0.3) is 0 Å². The zero-order valence-corrected chi connectivity index (χ0v) is 22.8. The highest BCUT2D eigenvalue weighted by Crippen LogP contribution is 2.34. The topological polar surface area (TPSA) is 41.1 Å². The molecule has 0 radical (unpaired) electrons. The van der Waals surface area contributed by atoms with Crippen LogP contribution in [0.4, 0.5) is 5.69 Å². The van der Waals surface area contributed by atoms with E-state index in [2.05, 4.69) is 62.6 Å². The van der Waals surface area contributed by atoms with Crippen LogP contribution in [0.2, 0.25) is 0 Å². The molecule has 0 aliphatic heterocycles. The van der Waals surface area contributed by atoms with Crippen molar-refractivity contribution in [3.05, 3.63) is 101 Å². The molecule has 4 rings (SSSR count). The van der Waals surface area contributed by atoms with E-state index in [-0.39, 0.29) is 16.7 Å². The van der Waals surface area contributed by atoms with Crippen LogP contribution < -0.4 is 10.6 Å². The molecule has 3 nitrogen and oxygen atoms in total. The van der Waals surface area contributed by atoms with Gasteiger partial charge in [0.15, 0.2) is 10.9 Å². The van der Waals surface area contributed by atoms with Crippen molar-refractivity contribution in [1.29, 1.82) is 0 Å². The molecule has 2 N–H and O–H groups in total. The van der Waals surface area contributed by atoms with Crippen molar-refractivity contribution in [3.63, 3.8) is 0 Å². The first-order valence-electron chi connectivity index (χ1n) is 13.0. The summed E-state index contributed by atoms with van der Waals surface area (Å²) in [4.78, 5) is 13.1. The molecular weight excluding hydrogens is 460 g/mol. The quantitative estimate of drug-likeness (QED) is 0.258. The van der Waals surface area contributed by atoms with Crippen molar-refractivity contribution in [3.8, 4) is 0 Å². The first kappa shape index (κ1) is 26.1. The van der Waals surface area contributed by atoms with Gasteiger partial charge in [0.05, 0.1) is 0 Å². The van der Waals surface area contributed by atoms with Gasteiger partial charge < -0.3 is 10.6 Å². The van der Waals surface area contributed by atoms with Gasteiger partial charge in [-0.15, -0.1) is 0 Å². The van der Waals surface area contributed by atoms with Crippen LogP contribution in [-0.4, -0.2) is 16.4 Å². The van der Waals surface area contributed by atoms with Gasteiger partial charge in [-0.25, -0.2) is 0 Å². The molecule has 0 saturated heterocycles. The Kier molecular flexibility index (Phi) is 7.94. The Bertz CT molecular complexity index is 1220. The monoisotopic (exact) mass is 498 g/mol. The van der Waals surface area contributed by atoms with E-state index in [0.717, 1.165) is 31.4 Å². The van der Waals surface area contributed by atoms with Crippen LogP contribution in [0.25, 0.3) is 0 Å². The Morgan fingerprint density at radius 3 is 2.28 bits per heavy atom. The second kappa shape index (κ2) is 11.0. The summed E-state index contributed by atoms with van der Waals surface area (Å²) in [5.74, 6) is 0.0170. The highest BCUT2D eigenvalue weighted by Gasteiger charge is 2.34. The third-order valence-corrected chi connectivity index (χ3v) is 7.51. The zero-order valence-electron chi connectivity index (χ0n) is 22.0. The van der Waals surface area contributed by atoms with Crippen LogP contribution in [-0.2, 0) is 11.8 Å². The van der Waals surface area contributed by atoms with Crippen molar-refractivity contribution in [2.45, 2.75) is 77.2 Å². The molecule has 3 aromatic rings. The van der Waals surface area contributed by atoms with E-state index >= 15 is 0 Å². The number of carbonyl (C=O) groups excluding carboxylic acids is 1. The average Bonchev–Trinajstić information content (AvgIpc) is 3.30. The van der Waals surface area contributed by atoms with Crippen LogP contribution >= 0.6 is 12.2 Å². The summed E-state index contributed by atoms with van der Waals surface area (Å²) in [6.07, 6.45) is 6.80. The molecule has 0 atom stereocenters. The van der Waals surface area contributed by atoms with E-state index in [1.807, 2.05) is 48.5 Å². The number of nitrogens with one attached hydrogen (secondary N) is 2. The van der Waals surface area contributed by atoms with E-state index < -0.39 is 0 Å². The van der Waals surface area contributed by atoms with E-state index in [0.29, 0.717) is 16.2 Å². The fraction of sp³-hybridized carbons (Fsp3) is 0.375. The van der Waals surface area contributed by atoms with Crippen LogP contribution in [0.1, 0.15) is 85.5 Å². The molecule has 0 spiro atoms. The summed E-state index contributed by atoms with van der Waals surface area (Å²) in [5, 5.41) is 7.63. The van der Waals surface area contributed by atoms with Gasteiger partial charge in [0, 0.05) is 22.4 Å². The molecule has 0 amide bonds. The predicted octanol–water partition coefficient (Wildman–Crippen LogP) is 7.76. The van der Waals surface area contributed by atoms with Gasteiger partial charge in [0.2, 0.25) is 0 Å². The standard InChI is InChI=1S/C32H38N2OS/c1-23-9-7-10-24(21-23)17-20-32(18-5-6-19-32)34-30(36)33-28-12-8-11-26(22-28)29(35)25-13-15-27(16-14-25)31(2,3)4/h7-16,21-22H,5-6,17-20H2,1-4H3,(H2,33,34,36). The third kappa shape index (κ3) is 6.61. The minimum Gasteiger partial charge on any atom is -0.357 e. The molecule has 0 heterocycles. The molecule has 3 aromatic carbocycles. The molecule has 1 fully saturated rings. The van der Waals surface area contributed by atoms with Gasteiger partial charge in [-0.2, -0.15) is 0 Å². The number of thiocarbonyl (C=S) groups is 1. The number of hydrogen-bond donors (Lipinski definition) is 2. The maximum atomic E-state index is 13.1. The Labute approximate surface area is 221 Å². The first-order chi connectivity index (χ1) is 17.1. The van der Waals surface area contributed by atoms with Crippen LogP contribution in [0, 0.1) is 6.92 Å². The predicted molar refractivity (Wildman–Crippen MR) is 155 cm³/mol. The smallest absolute Gasteiger partial charge is 0.193 e. The third-order valence-electron chi connectivity index (χ3n) is 7.31. The van der Waals surface area contributed by atoms with Crippen molar-refractivity contribution >= 4 is 28.8 Å². The Morgan fingerprint density at radius 2 is 1.61 bits per heavy atom. The van der Waals surface area contributed by atoms with Crippen molar-refractivity contribution < 1.29 is 4.79 Å². The number of ketones is 1. The molecule has 0 unspecified atom stereocenters. The summed E-state index contributed by atoms with van der Waals surface area (Å²) in [6, 6.07) is 24.3. The second-order valence-electron chi connectivity index (χ2n) is 11.3. The average molecular weight is 499 g/mol. The first-order valence-corrected chi connectivity index (χ1v) is 13.4. The summed E-state index contributed by atoms with van der Waals surface area (Å²) < 4.78 is 0. The van der Waals surface area contributed by atoms with Crippen LogP contribution in [0.5, 0.6) is 0 Å². The van der Waals surface area contributed by atoms with E-state index in [4.69, 9.17) is 12.2 Å². The van der Waals surface area contributed by atoms with E-state index in [1.165, 1.54) is 29.5 Å². The van der Waals surface area contributed by atoms with E-state index in [1.54, 1.807) is 0 Å². The maximum Gasteiger partial charge on any atom is 0.193 e. The molecular formula is C32H38N2OS. The van der Waals surface area contributed by atoms with Gasteiger partial charge in [-0.3, -0.25) is 4.79 Å². The van der Waals surface area contributed by atoms with Gasteiger partial charge in [-0.1, -0.05) is 99.8 Å². The summed E-state index contributed by atoms with van der Waals surface area (Å²) in [6.45, 7) is 8.67. The number of aryl methyl sites for hydroxylation is 2. The Hall–Kier alpha value is -2.98. The van der Waals surface area contributed by atoms with Gasteiger partial charge >= 0.3 is 0 Å². The van der Waals surface area contributed by atoms with Crippen LogP contribution in [0.3, 0.4) is 0 Å². The maximum absolute atomic E-state index is 13.1. The fourth-order valence-electron chi connectivity index (χ4n) is 5.17. The number of benzene rings is 3. The minimum absolute atomic E-state index is 0.0170. The molecule has 188 valence electrons. The Morgan fingerprint density at radius 1 is 0.917 bits per heavy atom.